The van der Waals surface area contributed by atoms with E-state index in [9.17, 15) is 0 Å². The van der Waals surface area contributed by atoms with Gasteiger partial charge < -0.3 is 0 Å². The summed E-state index contributed by atoms with van der Waals surface area (Å²) in [6.45, 7) is 0.904. The highest BCUT2D eigenvalue weighted by Crippen LogP contribution is 2.33. The highest BCUT2D eigenvalue weighted by atomic mass is 35.5. The van der Waals surface area contributed by atoms with E-state index in [2.05, 4.69) is 34.0 Å². The van der Waals surface area contributed by atoms with Crippen molar-refractivity contribution in [3.05, 3.63) is 64.9 Å². The summed E-state index contributed by atoms with van der Waals surface area (Å²) in [5.74, 6) is 0.395. The number of aromatic nitrogens is 1. The lowest BCUT2D eigenvalue weighted by atomic mass is 9.89. The third-order valence-electron chi connectivity index (χ3n) is 3.32. The molecule has 2 heterocycles. The minimum atomic E-state index is 0.242. The maximum Gasteiger partial charge on any atom is 0.0544 e. The van der Waals surface area contributed by atoms with Crippen LogP contribution in [0, 0.1) is 0 Å². The van der Waals surface area contributed by atoms with E-state index < -0.39 is 0 Å². The Morgan fingerprint density at radius 2 is 1.94 bits per heavy atom. The second-order valence-corrected chi connectivity index (χ2v) is 4.88. The summed E-state index contributed by atoms with van der Waals surface area (Å²) >= 11 is 6.06. The topological polar surface area (TPSA) is 37.0 Å². The van der Waals surface area contributed by atoms with Crippen LogP contribution in [0.2, 0.25) is 5.02 Å². The van der Waals surface area contributed by atoms with Gasteiger partial charge in [-0.3, -0.25) is 10.4 Å². The standard InChI is InChI=1S/C14H14ClN3/c15-12-3-1-2-11(8-12)14-13(9-17-18-14)10-4-6-16-7-5-10/h1-8,13-14,17-18H,9H2. The van der Waals surface area contributed by atoms with Gasteiger partial charge in [-0.05, 0) is 35.4 Å². The first-order valence-electron chi connectivity index (χ1n) is 5.98. The maximum atomic E-state index is 6.06. The maximum absolute atomic E-state index is 6.06. The van der Waals surface area contributed by atoms with Crippen LogP contribution < -0.4 is 10.9 Å². The van der Waals surface area contributed by atoms with Gasteiger partial charge in [-0.25, -0.2) is 5.43 Å². The van der Waals surface area contributed by atoms with E-state index >= 15 is 0 Å². The summed E-state index contributed by atoms with van der Waals surface area (Å²) in [5.41, 5.74) is 9.03. The normalized spacial score (nSPS) is 23.2. The zero-order valence-electron chi connectivity index (χ0n) is 9.81. The van der Waals surface area contributed by atoms with Crippen molar-refractivity contribution in [3.63, 3.8) is 0 Å². The Bertz CT molecular complexity index is 530. The molecule has 1 aromatic carbocycles. The molecule has 0 radical (unpaired) electrons. The molecule has 2 aromatic rings. The van der Waals surface area contributed by atoms with Crippen LogP contribution in [0.5, 0.6) is 0 Å². The van der Waals surface area contributed by atoms with Gasteiger partial charge in [0.25, 0.3) is 0 Å². The average Bonchev–Trinajstić information content (AvgIpc) is 2.89. The molecule has 0 aliphatic carbocycles. The van der Waals surface area contributed by atoms with Gasteiger partial charge in [-0.2, -0.15) is 0 Å². The van der Waals surface area contributed by atoms with Crippen molar-refractivity contribution in [3.8, 4) is 0 Å². The van der Waals surface area contributed by atoms with Gasteiger partial charge >= 0.3 is 0 Å². The highest BCUT2D eigenvalue weighted by Gasteiger charge is 2.29. The Morgan fingerprint density at radius 1 is 1.11 bits per heavy atom. The number of nitrogens with one attached hydrogen (secondary N) is 2. The summed E-state index contributed by atoms with van der Waals surface area (Å²) in [7, 11) is 0. The van der Waals surface area contributed by atoms with Crippen LogP contribution in [-0.2, 0) is 0 Å². The number of hydrazine groups is 1. The number of nitrogens with zero attached hydrogens (tertiary/aromatic N) is 1. The fourth-order valence-corrected chi connectivity index (χ4v) is 2.63. The summed E-state index contributed by atoms with van der Waals surface area (Å²) in [5, 5.41) is 0.773. The molecule has 0 bridgehead atoms. The molecular weight excluding hydrogens is 246 g/mol. The van der Waals surface area contributed by atoms with Crippen LogP contribution in [0.15, 0.2) is 48.8 Å². The lowest BCUT2D eigenvalue weighted by Crippen LogP contribution is -2.24. The molecule has 1 fully saturated rings. The molecule has 2 atom stereocenters. The molecule has 3 nitrogen and oxygen atoms in total. The van der Waals surface area contributed by atoms with Gasteiger partial charge in [0.05, 0.1) is 6.04 Å². The van der Waals surface area contributed by atoms with Crippen LogP contribution in [0.4, 0.5) is 0 Å². The number of pyridine rings is 1. The van der Waals surface area contributed by atoms with Gasteiger partial charge in [-0.15, -0.1) is 0 Å². The van der Waals surface area contributed by atoms with E-state index in [4.69, 9.17) is 11.6 Å². The molecule has 1 aliphatic heterocycles. The quantitative estimate of drug-likeness (QED) is 0.871. The van der Waals surface area contributed by atoms with Crippen molar-refractivity contribution in [2.75, 3.05) is 6.54 Å². The highest BCUT2D eigenvalue weighted by molar-refractivity contribution is 6.30. The second-order valence-electron chi connectivity index (χ2n) is 4.44. The molecule has 2 unspecified atom stereocenters. The van der Waals surface area contributed by atoms with E-state index in [1.807, 2.05) is 30.6 Å². The molecule has 1 saturated heterocycles. The fraction of sp³-hybridized carbons (Fsp3) is 0.214. The Labute approximate surface area is 111 Å². The predicted molar refractivity (Wildman–Crippen MR) is 72.3 cm³/mol. The number of hydrogen-bond donors (Lipinski definition) is 2. The van der Waals surface area contributed by atoms with Crippen molar-refractivity contribution in [1.29, 1.82) is 0 Å². The molecule has 0 saturated carbocycles. The summed E-state index contributed by atoms with van der Waals surface area (Å²) in [4.78, 5) is 4.07. The van der Waals surface area contributed by atoms with E-state index in [-0.39, 0.29) is 6.04 Å². The average molecular weight is 260 g/mol. The molecule has 18 heavy (non-hydrogen) atoms. The number of halogens is 1. The SMILES string of the molecule is Clc1cccc(C2NNCC2c2ccncc2)c1. The van der Waals surface area contributed by atoms with E-state index in [1.165, 1.54) is 11.1 Å². The van der Waals surface area contributed by atoms with Gasteiger partial charge in [0.15, 0.2) is 0 Å². The second kappa shape index (κ2) is 5.06. The Hall–Kier alpha value is -1.42. The van der Waals surface area contributed by atoms with Crippen LogP contribution in [0.1, 0.15) is 23.1 Å². The zero-order valence-corrected chi connectivity index (χ0v) is 10.6. The molecule has 92 valence electrons. The molecule has 0 spiro atoms. The predicted octanol–water partition coefficient (Wildman–Crippen LogP) is 2.67. The summed E-state index contributed by atoms with van der Waals surface area (Å²) < 4.78 is 0. The van der Waals surface area contributed by atoms with E-state index in [1.54, 1.807) is 0 Å². The number of rotatable bonds is 2. The zero-order chi connectivity index (χ0) is 12.4. The minimum Gasteiger partial charge on any atom is -0.265 e. The lowest BCUT2D eigenvalue weighted by molar-refractivity contribution is 0.554. The Morgan fingerprint density at radius 3 is 2.72 bits per heavy atom. The van der Waals surface area contributed by atoms with Crippen LogP contribution in [0.25, 0.3) is 0 Å². The van der Waals surface area contributed by atoms with E-state index in [0.717, 1.165) is 11.6 Å². The molecule has 2 N–H and O–H groups in total. The van der Waals surface area contributed by atoms with Crippen molar-refractivity contribution in [2.24, 2.45) is 0 Å². The van der Waals surface area contributed by atoms with Crippen molar-refractivity contribution in [1.82, 2.24) is 15.8 Å². The third kappa shape index (κ3) is 2.25. The van der Waals surface area contributed by atoms with Crippen LogP contribution in [0.3, 0.4) is 0 Å². The Kier molecular flexibility index (Phi) is 3.28. The van der Waals surface area contributed by atoms with Gasteiger partial charge in [0.1, 0.15) is 0 Å². The van der Waals surface area contributed by atoms with Crippen molar-refractivity contribution >= 4 is 11.6 Å². The van der Waals surface area contributed by atoms with Crippen molar-refractivity contribution < 1.29 is 0 Å². The van der Waals surface area contributed by atoms with Crippen LogP contribution in [-0.4, -0.2) is 11.5 Å². The molecule has 1 aromatic heterocycles. The Balaban J connectivity index is 1.92. The molecule has 0 amide bonds. The fourth-order valence-electron chi connectivity index (χ4n) is 2.43. The molecular formula is C14H14ClN3. The first kappa shape index (κ1) is 11.7. The summed E-state index contributed by atoms with van der Waals surface area (Å²) in [6, 6.07) is 12.4. The number of hydrogen-bond acceptors (Lipinski definition) is 3. The largest absolute Gasteiger partial charge is 0.265 e. The third-order valence-corrected chi connectivity index (χ3v) is 3.56. The van der Waals surface area contributed by atoms with Gasteiger partial charge in [0, 0.05) is 29.9 Å². The molecule has 3 rings (SSSR count). The monoisotopic (exact) mass is 259 g/mol. The molecule has 1 aliphatic rings. The van der Waals surface area contributed by atoms with Gasteiger partial charge in [-0.1, -0.05) is 23.7 Å². The van der Waals surface area contributed by atoms with E-state index in [0.29, 0.717) is 5.92 Å². The number of benzene rings is 1. The summed E-state index contributed by atoms with van der Waals surface area (Å²) in [6.07, 6.45) is 3.67. The smallest absolute Gasteiger partial charge is 0.0544 e. The minimum absolute atomic E-state index is 0.242. The molecule has 4 heteroatoms. The van der Waals surface area contributed by atoms with Gasteiger partial charge in [0.2, 0.25) is 0 Å². The first-order chi connectivity index (χ1) is 8.84. The van der Waals surface area contributed by atoms with Crippen LogP contribution >= 0.6 is 11.6 Å². The lowest BCUT2D eigenvalue weighted by Gasteiger charge is -2.19. The van der Waals surface area contributed by atoms with Crippen molar-refractivity contribution in [2.45, 2.75) is 12.0 Å². The first-order valence-corrected chi connectivity index (χ1v) is 6.36.